The maximum Gasteiger partial charge on any atom is 0.257 e. The summed E-state index contributed by atoms with van der Waals surface area (Å²) >= 11 is 0. The maximum atomic E-state index is 15.1. The summed E-state index contributed by atoms with van der Waals surface area (Å²) in [6.07, 6.45) is 2.76. The highest BCUT2D eigenvalue weighted by Gasteiger charge is 2.43. The number of anilines is 1. The van der Waals surface area contributed by atoms with E-state index in [1.54, 1.807) is 21.7 Å². The number of hydrogen-bond acceptors (Lipinski definition) is 5. The van der Waals surface area contributed by atoms with Crippen molar-refractivity contribution in [2.24, 2.45) is 0 Å². The number of carbonyl (C=O) groups is 1. The number of ether oxygens (including phenoxy) is 1. The average molecular weight is 435 g/mol. The third kappa shape index (κ3) is 2.60. The molecule has 2 N–H and O–H groups in total. The number of halogens is 2. The van der Waals surface area contributed by atoms with Gasteiger partial charge in [0.05, 0.1) is 28.3 Å². The number of nitrogen functional groups attached to an aromatic ring is 1. The van der Waals surface area contributed by atoms with Gasteiger partial charge < -0.3 is 15.4 Å². The lowest BCUT2D eigenvalue weighted by Crippen LogP contribution is -2.44. The molecule has 0 saturated carbocycles. The highest BCUT2D eigenvalue weighted by Crippen LogP contribution is 2.45. The van der Waals surface area contributed by atoms with Crippen LogP contribution in [0.3, 0.4) is 0 Å². The molecule has 0 spiro atoms. The van der Waals surface area contributed by atoms with Crippen molar-refractivity contribution < 1.29 is 18.3 Å². The van der Waals surface area contributed by atoms with Gasteiger partial charge in [0.2, 0.25) is 0 Å². The van der Waals surface area contributed by atoms with Gasteiger partial charge in [0.15, 0.2) is 0 Å². The standard InChI is InChI=1S/C23H19F2N5O2/c1-11-20-22(26)28-16-9-15(25)14(8-17(16)30(20)10-27-11)23(31)29-6-2-3-18-21(29)13-5-4-12(24)7-19(13)32-18/h4-5,7-10,18,21H,2-3,6H2,1H3,(H2,26,28)/t18-,21-/m0/s1. The van der Waals surface area contributed by atoms with Gasteiger partial charge in [0.1, 0.15) is 41.1 Å². The van der Waals surface area contributed by atoms with Gasteiger partial charge in [-0.25, -0.2) is 18.7 Å². The molecule has 9 heteroatoms. The van der Waals surface area contributed by atoms with Crippen molar-refractivity contribution >= 4 is 28.3 Å². The summed E-state index contributed by atoms with van der Waals surface area (Å²) in [6.45, 7) is 2.26. The van der Waals surface area contributed by atoms with Crippen molar-refractivity contribution in [1.29, 1.82) is 0 Å². The van der Waals surface area contributed by atoms with Crippen LogP contribution in [0.2, 0.25) is 0 Å². The molecule has 4 aromatic rings. The Bertz CT molecular complexity index is 1430. The Morgan fingerprint density at radius 2 is 2.09 bits per heavy atom. The first-order valence-corrected chi connectivity index (χ1v) is 10.4. The Labute approximate surface area is 181 Å². The van der Waals surface area contributed by atoms with Gasteiger partial charge in [-0.1, -0.05) is 6.07 Å². The number of carbonyl (C=O) groups excluding carboxylic acids is 1. The molecule has 1 amide bonds. The number of nitrogens with two attached hydrogens (primary N) is 1. The smallest absolute Gasteiger partial charge is 0.257 e. The molecule has 0 radical (unpaired) electrons. The molecule has 1 fully saturated rings. The quantitative estimate of drug-likeness (QED) is 0.492. The zero-order valence-electron chi connectivity index (χ0n) is 17.2. The van der Waals surface area contributed by atoms with Crippen LogP contribution in [0, 0.1) is 18.6 Å². The first kappa shape index (κ1) is 19.0. The molecule has 2 aliphatic rings. The second-order valence-corrected chi connectivity index (χ2v) is 8.29. The number of fused-ring (bicyclic) bond motifs is 6. The van der Waals surface area contributed by atoms with Gasteiger partial charge in [-0.05, 0) is 31.9 Å². The highest BCUT2D eigenvalue weighted by atomic mass is 19.1. The minimum atomic E-state index is -0.675. The number of aryl methyl sites for hydroxylation is 1. The number of piperidine rings is 1. The van der Waals surface area contributed by atoms with Gasteiger partial charge in [0, 0.05) is 24.2 Å². The third-order valence-corrected chi connectivity index (χ3v) is 6.40. The molecule has 162 valence electrons. The van der Waals surface area contributed by atoms with E-state index in [-0.39, 0.29) is 23.5 Å². The van der Waals surface area contributed by atoms with Gasteiger partial charge in [-0.3, -0.25) is 9.20 Å². The van der Waals surface area contributed by atoms with Crippen LogP contribution < -0.4 is 10.5 Å². The molecule has 2 aromatic heterocycles. The molecule has 4 heterocycles. The molecule has 6 rings (SSSR count). The van der Waals surface area contributed by atoms with Gasteiger partial charge in [-0.2, -0.15) is 0 Å². The van der Waals surface area contributed by atoms with Crippen molar-refractivity contribution in [2.45, 2.75) is 31.9 Å². The Kier molecular flexibility index (Phi) is 3.93. The second-order valence-electron chi connectivity index (χ2n) is 8.29. The van der Waals surface area contributed by atoms with E-state index in [0.29, 0.717) is 41.0 Å². The Hall–Kier alpha value is -3.75. The Balaban J connectivity index is 1.47. The van der Waals surface area contributed by atoms with Crippen molar-refractivity contribution in [3.05, 3.63) is 65.1 Å². The minimum Gasteiger partial charge on any atom is -0.487 e. The predicted octanol–water partition coefficient (Wildman–Crippen LogP) is 3.79. The molecule has 2 aliphatic heterocycles. The maximum absolute atomic E-state index is 15.1. The van der Waals surface area contributed by atoms with Gasteiger partial charge in [-0.15, -0.1) is 0 Å². The van der Waals surface area contributed by atoms with Crippen LogP contribution >= 0.6 is 0 Å². The van der Waals surface area contributed by atoms with Crippen LogP contribution in [-0.4, -0.2) is 37.8 Å². The van der Waals surface area contributed by atoms with Gasteiger partial charge >= 0.3 is 0 Å². The molecular formula is C23H19F2N5O2. The summed E-state index contributed by atoms with van der Waals surface area (Å²) in [4.78, 5) is 23.8. The van der Waals surface area contributed by atoms with Crippen molar-refractivity contribution in [3.63, 3.8) is 0 Å². The number of likely N-dealkylation sites (tertiary alicyclic amines) is 1. The molecule has 0 unspecified atom stereocenters. The fraction of sp³-hybridized carbons (Fsp3) is 0.261. The molecular weight excluding hydrogens is 416 g/mol. The van der Waals surface area contributed by atoms with Crippen LogP contribution in [0.25, 0.3) is 16.6 Å². The molecule has 32 heavy (non-hydrogen) atoms. The second kappa shape index (κ2) is 6.62. The number of rotatable bonds is 1. The van der Waals surface area contributed by atoms with Crippen molar-refractivity contribution in [2.75, 3.05) is 12.3 Å². The number of amides is 1. The largest absolute Gasteiger partial charge is 0.487 e. The van der Waals surface area contributed by atoms with Crippen molar-refractivity contribution in [1.82, 2.24) is 19.3 Å². The summed E-state index contributed by atoms with van der Waals surface area (Å²) in [5.74, 6) is -0.828. The molecule has 2 aromatic carbocycles. The lowest BCUT2D eigenvalue weighted by Gasteiger charge is -2.36. The van der Waals surface area contributed by atoms with E-state index in [0.717, 1.165) is 12.0 Å². The zero-order chi connectivity index (χ0) is 22.1. The minimum absolute atomic E-state index is 0.0621. The summed E-state index contributed by atoms with van der Waals surface area (Å²) in [5, 5.41) is 0. The Morgan fingerprint density at radius 3 is 2.94 bits per heavy atom. The first-order valence-electron chi connectivity index (χ1n) is 10.4. The molecule has 0 bridgehead atoms. The first-order chi connectivity index (χ1) is 15.4. The van der Waals surface area contributed by atoms with E-state index in [9.17, 15) is 9.18 Å². The summed E-state index contributed by atoms with van der Waals surface area (Å²) in [7, 11) is 0. The molecule has 2 atom stereocenters. The number of nitrogens with zero attached hydrogens (tertiary/aromatic N) is 4. The van der Waals surface area contributed by atoms with Crippen LogP contribution in [0.4, 0.5) is 14.6 Å². The average Bonchev–Trinajstić information content (AvgIpc) is 3.33. The fourth-order valence-corrected chi connectivity index (χ4v) is 4.96. The zero-order valence-corrected chi connectivity index (χ0v) is 17.2. The predicted molar refractivity (Wildman–Crippen MR) is 113 cm³/mol. The molecule has 7 nitrogen and oxygen atoms in total. The summed E-state index contributed by atoms with van der Waals surface area (Å²) < 4.78 is 36.4. The van der Waals surface area contributed by atoms with Gasteiger partial charge in [0.25, 0.3) is 5.91 Å². The fourth-order valence-electron chi connectivity index (χ4n) is 4.96. The van der Waals surface area contributed by atoms with E-state index in [2.05, 4.69) is 9.97 Å². The number of hydrogen-bond donors (Lipinski definition) is 1. The number of benzene rings is 2. The third-order valence-electron chi connectivity index (χ3n) is 6.40. The monoisotopic (exact) mass is 435 g/mol. The summed E-state index contributed by atoms with van der Waals surface area (Å²) in [6, 6.07) is 6.67. The van der Waals surface area contributed by atoms with Crippen LogP contribution in [0.1, 0.15) is 40.5 Å². The lowest BCUT2D eigenvalue weighted by atomic mass is 9.93. The SMILES string of the molecule is Cc1ncn2c1c(N)nc1cc(F)c(C(=O)N3CCC[C@@H]4Oc5cc(F)ccc5[C@@H]43)cc12. The van der Waals surface area contributed by atoms with E-state index < -0.39 is 17.5 Å². The number of imidazole rings is 1. The van der Waals surface area contributed by atoms with Crippen molar-refractivity contribution in [3.8, 4) is 5.75 Å². The van der Waals surface area contributed by atoms with E-state index in [1.807, 2.05) is 6.92 Å². The topological polar surface area (TPSA) is 85.8 Å². The van der Waals surface area contributed by atoms with E-state index in [1.165, 1.54) is 24.3 Å². The molecule has 1 saturated heterocycles. The molecule has 0 aliphatic carbocycles. The van der Waals surface area contributed by atoms with Crippen LogP contribution in [-0.2, 0) is 0 Å². The van der Waals surface area contributed by atoms with Crippen LogP contribution in [0.5, 0.6) is 5.75 Å². The van der Waals surface area contributed by atoms with E-state index in [4.69, 9.17) is 10.5 Å². The number of aromatic nitrogens is 3. The summed E-state index contributed by atoms with van der Waals surface area (Å²) in [5.41, 5.74) is 8.91. The lowest BCUT2D eigenvalue weighted by molar-refractivity contribution is 0.0361. The highest BCUT2D eigenvalue weighted by molar-refractivity contribution is 5.99. The van der Waals surface area contributed by atoms with Crippen LogP contribution in [0.15, 0.2) is 36.7 Å². The Morgan fingerprint density at radius 1 is 1.25 bits per heavy atom. The normalized spacial score (nSPS) is 19.8. The van der Waals surface area contributed by atoms with E-state index >= 15 is 4.39 Å².